The predicted molar refractivity (Wildman–Crippen MR) is 109 cm³/mol. The van der Waals surface area contributed by atoms with Crippen LogP contribution in [0.4, 0.5) is 11.4 Å². The lowest BCUT2D eigenvalue weighted by Gasteiger charge is -2.09. The van der Waals surface area contributed by atoms with Gasteiger partial charge < -0.3 is 10.4 Å². The number of anilines is 1. The first kappa shape index (κ1) is 18.1. The lowest BCUT2D eigenvalue weighted by molar-refractivity contribution is -0.115. The van der Waals surface area contributed by atoms with Crippen LogP contribution in [0.2, 0.25) is 0 Å². The molecule has 0 radical (unpaired) electrons. The van der Waals surface area contributed by atoms with E-state index >= 15 is 0 Å². The maximum Gasteiger partial charge on any atom is 0.335 e. The summed E-state index contributed by atoms with van der Waals surface area (Å²) in [6.07, 6.45) is 0.0907. The second-order valence-corrected chi connectivity index (χ2v) is 6.59. The molecule has 1 aliphatic heterocycles. The van der Waals surface area contributed by atoms with Gasteiger partial charge in [-0.15, -0.1) is 0 Å². The molecule has 0 saturated heterocycles. The van der Waals surface area contributed by atoms with Crippen molar-refractivity contribution in [3.63, 3.8) is 0 Å². The number of nitrogens with one attached hydrogen (secondary N) is 1. The number of carboxylic acid groups (broad SMARTS) is 1. The molecule has 6 nitrogen and oxygen atoms in total. The fourth-order valence-electron chi connectivity index (χ4n) is 3.21. The van der Waals surface area contributed by atoms with Gasteiger partial charge in [-0.1, -0.05) is 30.3 Å². The summed E-state index contributed by atoms with van der Waals surface area (Å²) in [5, 5.41) is 21.2. The molecule has 0 bridgehead atoms. The van der Waals surface area contributed by atoms with Crippen LogP contribution >= 0.6 is 0 Å². The molecule has 0 aromatic heterocycles. The number of aromatic carboxylic acids is 1. The molecule has 4 rings (SSSR count). The molecule has 0 unspecified atom stereocenters. The second-order valence-electron chi connectivity index (χ2n) is 6.59. The topological polar surface area (TPSA) is 103 Å². The van der Waals surface area contributed by atoms with Gasteiger partial charge in [0.2, 0.25) is 5.91 Å². The van der Waals surface area contributed by atoms with E-state index in [1.807, 2.05) is 18.2 Å². The zero-order chi connectivity index (χ0) is 20.4. The van der Waals surface area contributed by atoms with Crippen molar-refractivity contribution in [1.29, 1.82) is 5.26 Å². The fraction of sp³-hybridized carbons (Fsp3) is 0.0435. The molecule has 140 valence electrons. The van der Waals surface area contributed by atoms with E-state index < -0.39 is 5.97 Å². The lowest BCUT2D eigenvalue weighted by Crippen LogP contribution is -2.15. The normalized spacial score (nSPS) is 12.8. The summed E-state index contributed by atoms with van der Waals surface area (Å²) in [5.74, 6) is -1.20. The number of carboxylic acids is 1. The predicted octanol–water partition coefficient (Wildman–Crippen LogP) is 4.39. The van der Waals surface area contributed by atoms with Gasteiger partial charge in [0, 0.05) is 0 Å². The van der Waals surface area contributed by atoms with Crippen LogP contribution in [0.5, 0.6) is 0 Å². The van der Waals surface area contributed by atoms with Crippen molar-refractivity contribution in [3.8, 4) is 17.2 Å². The Bertz CT molecular complexity index is 1220. The van der Waals surface area contributed by atoms with E-state index in [0.717, 1.165) is 16.7 Å². The van der Waals surface area contributed by atoms with Gasteiger partial charge >= 0.3 is 5.97 Å². The molecule has 0 aliphatic carbocycles. The molecule has 3 aromatic carbocycles. The van der Waals surface area contributed by atoms with E-state index in [9.17, 15) is 14.7 Å². The molecule has 0 saturated carbocycles. The Morgan fingerprint density at radius 1 is 1.00 bits per heavy atom. The van der Waals surface area contributed by atoms with Gasteiger partial charge in [-0.3, -0.25) is 9.79 Å². The first-order chi connectivity index (χ1) is 14.0. The van der Waals surface area contributed by atoms with Crippen LogP contribution in [0.15, 0.2) is 71.7 Å². The van der Waals surface area contributed by atoms with Gasteiger partial charge in [0.05, 0.1) is 40.7 Å². The van der Waals surface area contributed by atoms with Crippen molar-refractivity contribution in [3.05, 3.63) is 83.4 Å². The second kappa shape index (κ2) is 7.41. The SMILES string of the molecule is N#Cc1cccc(C2=Nc3ccc(-c4cccc(C(=O)O)c4)cc3NC(=O)C2)c1. The van der Waals surface area contributed by atoms with Crippen LogP contribution in [-0.4, -0.2) is 22.7 Å². The molecule has 0 atom stereocenters. The van der Waals surface area contributed by atoms with E-state index in [0.29, 0.717) is 22.6 Å². The van der Waals surface area contributed by atoms with Gasteiger partial charge in [0.15, 0.2) is 0 Å². The number of fused-ring (bicyclic) bond motifs is 1. The summed E-state index contributed by atoms with van der Waals surface area (Å²) in [7, 11) is 0. The first-order valence-corrected chi connectivity index (χ1v) is 8.89. The maximum absolute atomic E-state index is 12.4. The lowest BCUT2D eigenvalue weighted by atomic mass is 10.0. The van der Waals surface area contributed by atoms with Crippen molar-refractivity contribution in [1.82, 2.24) is 0 Å². The number of carbonyl (C=O) groups is 2. The number of aliphatic imine (C=N–C) groups is 1. The maximum atomic E-state index is 12.4. The molecular formula is C23H15N3O3. The standard InChI is InChI=1S/C23H15N3O3/c24-13-14-3-1-5-17(9-14)20-12-22(27)26-21-11-16(7-8-19(21)25-20)15-4-2-6-18(10-15)23(28)29/h1-11H,12H2,(H,26,27)(H,28,29). The third kappa shape index (κ3) is 3.75. The third-order valence-corrected chi connectivity index (χ3v) is 4.62. The molecule has 1 heterocycles. The summed E-state index contributed by atoms with van der Waals surface area (Å²) in [4.78, 5) is 28.3. The molecule has 2 N–H and O–H groups in total. The van der Waals surface area contributed by atoms with Crippen LogP contribution in [0, 0.1) is 11.3 Å². The van der Waals surface area contributed by atoms with Crippen LogP contribution in [-0.2, 0) is 4.79 Å². The molecular weight excluding hydrogens is 366 g/mol. The van der Waals surface area contributed by atoms with Crippen molar-refractivity contribution in [2.45, 2.75) is 6.42 Å². The minimum Gasteiger partial charge on any atom is -0.478 e. The van der Waals surface area contributed by atoms with Gasteiger partial charge in [-0.25, -0.2) is 4.79 Å². The quantitative estimate of drug-likeness (QED) is 0.702. The number of hydrogen-bond donors (Lipinski definition) is 2. The summed E-state index contributed by atoms with van der Waals surface area (Å²) in [6.45, 7) is 0. The Kier molecular flexibility index (Phi) is 4.63. The molecule has 0 fully saturated rings. The Labute approximate surface area is 166 Å². The molecule has 0 spiro atoms. The van der Waals surface area contributed by atoms with E-state index in [4.69, 9.17) is 5.26 Å². The van der Waals surface area contributed by atoms with Crippen LogP contribution in [0.3, 0.4) is 0 Å². The number of carbonyl (C=O) groups excluding carboxylic acids is 1. The highest BCUT2D eigenvalue weighted by atomic mass is 16.4. The summed E-state index contributed by atoms with van der Waals surface area (Å²) in [6, 6.07) is 21.1. The van der Waals surface area contributed by atoms with Crippen LogP contribution in [0.1, 0.15) is 27.9 Å². The smallest absolute Gasteiger partial charge is 0.335 e. The molecule has 3 aromatic rings. The van der Waals surface area contributed by atoms with Crippen molar-refractivity contribution < 1.29 is 14.7 Å². The van der Waals surface area contributed by atoms with Crippen molar-refractivity contribution in [2.24, 2.45) is 4.99 Å². The minimum absolute atomic E-state index is 0.0907. The first-order valence-electron chi connectivity index (χ1n) is 8.89. The number of nitrogens with zero attached hydrogens (tertiary/aromatic N) is 2. The van der Waals surface area contributed by atoms with Crippen LogP contribution < -0.4 is 5.32 Å². The Hall–Kier alpha value is -4.24. The van der Waals surface area contributed by atoms with E-state index in [-0.39, 0.29) is 17.9 Å². The highest BCUT2D eigenvalue weighted by Crippen LogP contribution is 2.34. The van der Waals surface area contributed by atoms with E-state index in [2.05, 4.69) is 16.4 Å². The van der Waals surface area contributed by atoms with Crippen molar-refractivity contribution >= 4 is 29.0 Å². The number of rotatable bonds is 3. The van der Waals surface area contributed by atoms with Gasteiger partial charge in [-0.05, 0) is 53.1 Å². The third-order valence-electron chi connectivity index (χ3n) is 4.62. The fourth-order valence-corrected chi connectivity index (χ4v) is 3.21. The summed E-state index contributed by atoms with van der Waals surface area (Å²) in [5.41, 5.74) is 4.67. The number of nitriles is 1. The monoisotopic (exact) mass is 381 g/mol. The van der Waals surface area contributed by atoms with Gasteiger partial charge in [0.25, 0.3) is 0 Å². The van der Waals surface area contributed by atoms with Crippen molar-refractivity contribution in [2.75, 3.05) is 5.32 Å². The largest absolute Gasteiger partial charge is 0.478 e. The highest BCUT2D eigenvalue weighted by molar-refractivity contribution is 6.17. The average molecular weight is 381 g/mol. The minimum atomic E-state index is -0.997. The Morgan fingerprint density at radius 2 is 1.76 bits per heavy atom. The Balaban J connectivity index is 1.76. The van der Waals surface area contributed by atoms with Gasteiger partial charge in [-0.2, -0.15) is 5.26 Å². The van der Waals surface area contributed by atoms with Gasteiger partial charge in [0.1, 0.15) is 0 Å². The molecule has 29 heavy (non-hydrogen) atoms. The van der Waals surface area contributed by atoms with Crippen LogP contribution in [0.25, 0.3) is 11.1 Å². The summed E-state index contributed by atoms with van der Waals surface area (Å²) >= 11 is 0. The Morgan fingerprint density at radius 3 is 2.55 bits per heavy atom. The zero-order valence-electron chi connectivity index (χ0n) is 15.2. The molecule has 1 aliphatic rings. The number of hydrogen-bond acceptors (Lipinski definition) is 4. The molecule has 1 amide bonds. The average Bonchev–Trinajstić information content (AvgIpc) is 2.91. The van der Waals surface area contributed by atoms with E-state index in [1.54, 1.807) is 42.5 Å². The van der Waals surface area contributed by atoms with E-state index in [1.165, 1.54) is 6.07 Å². The number of amides is 1. The highest BCUT2D eigenvalue weighted by Gasteiger charge is 2.18. The summed E-state index contributed by atoms with van der Waals surface area (Å²) < 4.78 is 0. The zero-order valence-corrected chi connectivity index (χ0v) is 15.2. The molecule has 6 heteroatoms. The number of benzene rings is 3.